The number of alkyl halides is 3. The molecule has 0 aromatic heterocycles. The molecule has 1 aromatic rings. The summed E-state index contributed by atoms with van der Waals surface area (Å²) >= 11 is 0. The van der Waals surface area contributed by atoms with Gasteiger partial charge in [0.25, 0.3) is 0 Å². The van der Waals surface area contributed by atoms with Crippen molar-refractivity contribution in [3.05, 3.63) is 29.3 Å². The number of benzene rings is 1. The average molecular weight is 245 g/mol. The standard InChI is InChI=1S/C12H14F3NO/c13-12(14,15)9-3-1-2-8(10(9)17)4-5-11(16)6-7-11/h1-3,17H,4-7,16H2. The Balaban J connectivity index is 2.17. The summed E-state index contributed by atoms with van der Waals surface area (Å²) in [6.45, 7) is 0. The summed E-state index contributed by atoms with van der Waals surface area (Å²) in [6.07, 6.45) is -1.70. The summed E-state index contributed by atoms with van der Waals surface area (Å²) in [5.41, 5.74) is 4.98. The normalized spacial score (nSPS) is 18.1. The number of aromatic hydroxyl groups is 1. The van der Waals surface area contributed by atoms with Gasteiger partial charge in [-0.25, -0.2) is 0 Å². The van der Waals surface area contributed by atoms with Crippen LogP contribution in [-0.4, -0.2) is 10.6 Å². The highest BCUT2D eigenvalue weighted by atomic mass is 19.4. The Kier molecular flexibility index (Phi) is 2.81. The molecule has 0 radical (unpaired) electrons. The lowest BCUT2D eigenvalue weighted by Crippen LogP contribution is -2.22. The minimum absolute atomic E-state index is 0.222. The summed E-state index contributed by atoms with van der Waals surface area (Å²) in [6, 6.07) is 3.71. The molecule has 0 atom stereocenters. The van der Waals surface area contributed by atoms with E-state index in [-0.39, 0.29) is 5.54 Å². The lowest BCUT2D eigenvalue weighted by Gasteiger charge is -2.13. The molecular formula is C12H14F3NO. The highest BCUT2D eigenvalue weighted by molar-refractivity contribution is 5.42. The molecule has 1 saturated carbocycles. The maximum Gasteiger partial charge on any atom is 0.419 e. The van der Waals surface area contributed by atoms with Gasteiger partial charge in [-0.3, -0.25) is 0 Å². The van der Waals surface area contributed by atoms with Gasteiger partial charge in [0.05, 0.1) is 5.56 Å². The van der Waals surface area contributed by atoms with Crippen molar-refractivity contribution >= 4 is 0 Å². The van der Waals surface area contributed by atoms with Crippen LogP contribution in [0.5, 0.6) is 5.75 Å². The lowest BCUT2D eigenvalue weighted by atomic mass is 10.0. The number of hydrogen-bond acceptors (Lipinski definition) is 2. The lowest BCUT2D eigenvalue weighted by molar-refractivity contribution is -0.138. The van der Waals surface area contributed by atoms with Crippen molar-refractivity contribution in [3.8, 4) is 5.75 Å². The maximum absolute atomic E-state index is 12.5. The number of halogens is 3. The van der Waals surface area contributed by atoms with Gasteiger partial charge >= 0.3 is 6.18 Å². The fourth-order valence-corrected chi connectivity index (χ4v) is 1.82. The van der Waals surface area contributed by atoms with Crippen LogP contribution in [0.15, 0.2) is 18.2 Å². The van der Waals surface area contributed by atoms with Crippen molar-refractivity contribution < 1.29 is 18.3 Å². The second-order valence-corrected chi connectivity index (χ2v) is 4.67. The molecule has 2 nitrogen and oxygen atoms in total. The Morgan fingerprint density at radius 2 is 1.94 bits per heavy atom. The molecule has 1 fully saturated rings. The first kappa shape index (κ1) is 12.2. The summed E-state index contributed by atoms with van der Waals surface area (Å²) in [7, 11) is 0. The van der Waals surface area contributed by atoms with Gasteiger partial charge in [0.2, 0.25) is 0 Å². The Bertz CT molecular complexity index is 424. The van der Waals surface area contributed by atoms with E-state index < -0.39 is 17.5 Å². The second kappa shape index (κ2) is 3.91. The van der Waals surface area contributed by atoms with Crippen LogP contribution >= 0.6 is 0 Å². The van der Waals surface area contributed by atoms with Gasteiger partial charge in [0.15, 0.2) is 0 Å². The molecule has 1 aliphatic carbocycles. The first-order chi connectivity index (χ1) is 7.82. The van der Waals surface area contributed by atoms with Crippen molar-refractivity contribution in [1.29, 1.82) is 0 Å². The molecule has 5 heteroatoms. The van der Waals surface area contributed by atoms with Crippen molar-refractivity contribution in [1.82, 2.24) is 0 Å². The molecule has 94 valence electrons. The van der Waals surface area contributed by atoms with Crippen LogP contribution < -0.4 is 5.73 Å². The van der Waals surface area contributed by atoms with E-state index >= 15 is 0 Å². The molecule has 0 heterocycles. The molecule has 0 spiro atoms. The van der Waals surface area contributed by atoms with Crippen molar-refractivity contribution in [2.75, 3.05) is 0 Å². The van der Waals surface area contributed by atoms with Gasteiger partial charge in [-0.15, -0.1) is 0 Å². The molecule has 3 N–H and O–H groups in total. The molecule has 0 saturated heterocycles. The minimum Gasteiger partial charge on any atom is -0.507 e. The number of rotatable bonds is 3. The molecular weight excluding hydrogens is 231 g/mol. The average Bonchev–Trinajstić information content (AvgIpc) is 2.94. The van der Waals surface area contributed by atoms with E-state index in [1.165, 1.54) is 12.1 Å². The SMILES string of the molecule is NC1(CCc2cccc(C(F)(F)F)c2O)CC1. The van der Waals surface area contributed by atoms with Crippen molar-refractivity contribution in [2.45, 2.75) is 37.4 Å². The number of nitrogens with two attached hydrogens (primary N) is 1. The Morgan fingerprint density at radius 1 is 1.29 bits per heavy atom. The van der Waals surface area contributed by atoms with Gasteiger partial charge in [-0.05, 0) is 37.3 Å². The van der Waals surface area contributed by atoms with E-state index in [0.29, 0.717) is 18.4 Å². The zero-order valence-electron chi connectivity index (χ0n) is 9.22. The zero-order chi connectivity index (χ0) is 12.7. The van der Waals surface area contributed by atoms with Crippen LogP contribution in [0.4, 0.5) is 13.2 Å². The molecule has 2 rings (SSSR count). The molecule has 0 aliphatic heterocycles. The predicted molar refractivity (Wildman–Crippen MR) is 57.6 cm³/mol. The third-order valence-electron chi connectivity index (χ3n) is 3.21. The van der Waals surface area contributed by atoms with Gasteiger partial charge in [0.1, 0.15) is 5.75 Å². The topological polar surface area (TPSA) is 46.2 Å². The van der Waals surface area contributed by atoms with Crippen molar-refractivity contribution in [2.24, 2.45) is 5.73 Å². The highest BCUT2D eigenvalue weighted by Crippen LogP contribution is 2.40. The largest absolute Gasteiger partial charge is 0.507 e. The second-order valence-electron chi connectivity index (χ2n) is 4.67. The van der Waals surface area contributed by atoms with E-state index in [0.717, 1.165) is 18.9 Å². The number of aryl methyl sites for hydroxylation is 1. The fourth-order valence-electron chi connectivity index (χ4n) is 1.82. The quantitative estimate of drug-likeness (QED) is 0.860. The highest BCUT2D eigenvalue weighted by Gasteiger charge is 2.38. The van der Waals surface area contributed by atoms with Gasteiger partial charge < -0.3 is 10.8 Å². The Hall–Kier alpha value is -1.23. The molecule has 0 amide bonds. The molecule has 17 heavy (non-hydrogen) atoms. The van der Waals surface area contributed by atoms with E-state index in [1.54, 1.807) is 0 Å². The summed E-state index contributed by atoms with van der Waals surface area (Å²) < 4.78 is 37.6. The third kappa shape index (κ3) is 2.72. The number of phenols is 1. The van der Waals surface area contributed by atoms with Crippen LogP contribution in [0.3, 0.4) is 0 Å². The van der Waals surface area contributed by atoms with E-state index in [1.807, 2.05) is 0 Å². The fraction of sp³-hybridized carbons (Fsp3) is 0.500. The van der Waals surface area contributed by atoms with Gasteiger partial charge in [-0.1, -0.05) is 12.1 Å². The van der Waals surface area contributed by atoms with Crippen LogP contribution in [0, 0.1) is 0 Å². The molecule has 1 aromatic carbocycles. The maximum atomic E-state index is 12.5. The van der Waals surface area contributed by atoms with Crippen LogP contribution in [0.2, 0.25) is 0 Å². The van der Waals surface area contributed by atoms with E-state index in [9.17, 15) is 18.3 Å². The van der Waals surface area contributed by atoms with E-state index in [4.69, 9.17) is 5.73 Å². The Labute approximate surface area is 97.2 Å². The first-order valence-corrected chi connectivity index (χ1v) is 5.49. The summed E-state index contributed by atoms with van der Waals surface area (Å²) in [5, 5.41) is 9.58. The van der Waals surface area contributed by atoms with Gasteiger partial charge in [0, 0.05) is 5.54 Å². The molecule has 0 unspecified atom stereocenters. The zero-order valence-corrected chi connectivity index (χ0v) is 9.22. The van der Waals surface area contributed by atoms with E-state index in [2.05, 4.69) is 0 Å². The first-order valence-electron chi connectivity index (χ1n) is 5.49. The summed E-state index contributed by atoms with van der Waals surface area (Å²) in [4.78, 5) is 0. The van der Waals surface area contributed by atoms with Crippen LogP contribution in [0.25, 0.3) is 0 Å². The van der Waals surface area contributed by atoms with Crippen LogP contribution in [-0.2, 0) is 12.6 Å². The summed E-state index contributed by atoms with van der Waals surface area (Å²) in [5.74, 6) is -0.663. The third-order valence-corrected chi connectivity index (χ3v) is 3.21. The monoisotopic (exact) mass is 245 g/mol. The smallest absolute Gasteiger partial charge is 0.419 e. The van der Waals surface area contributed by atoms with Crippen molar-refractivity contribution in [3.63, 3.8) is 0 Å². The molecule has 0 bridgehead atoms. The number of phenolic OH excluding ortho intramolecular Hbond substituents is 1. The number of para-hydroxylation sites is 1. The molecule has 1 aliphatic rings. The van der Waals surface area contributed by atoms with Gasteiger partial charge in [-0.2, -0.15) is 13.2 Å². The predicted octanol–water partition coefficient (Wildman–Crippen LogP) is 2.83. The number of hydrogen-bond donors (Lipinski definition) is 2. The Morgan fingerprint density at radius 3 is 2.47 bits per heavy atom. The van der Waals surface area contributed by atoms with Crippen LogP contribution in [0.1, 0.15) is 30.4 Å². The minimum atomic E-state index is -4.51.